The number of fused-ring (bicyclic) bond motifs is 3. The molecule has 5 rings (SSSR count). The number of hydrogen-bond donors (Lipinski definition) is 0. The van der Waals surface area contributed by atoms with Crippen LogP contribution in [-0.4, -0.2) is 46.6 Å². The van der Waals surface area contributed by atoms with E-state index in [2.05, 4.69) is 17.1 Å². The number of piperidine rings is 1. The van der Waals surface area contributed by atoms with E-state index in [1.54, 1.807) is 0 Å². The monoisotopic (exact) mass is 435 g/mol. The molecule has 2 aliphatic heterocycles. The van der Waals surface area contributed by atoms with Gasteiger partial charge in [0.25, 0.3) is 5.91 Å². The van der Waals surface area contributed by atoms with Crippen molar-refractivity contribution in [2.45, 2.75) is 76.9 Å². The Labute approximate surface area is 190 Å². The highest BCUT2D eigenvalue weighted by Gasteiger charge is 2.44. The Morgan fingerprint density at radius 3 is 2.72 bits per heavy atom. The number of rotatable bonds is 4. The van der Waals surface area contributed by atoms with E-state index in [1.807, 2.05) is 31.0 Å². The smallest absolute Gasteiger partial charge is 0.263 e. The molecule has 3 aliphatic rings. The van der Waals surface area contributed by atoms with Gasteiger partial charge < -0.3 is 14.4 Å². The summed E-state index contributed by atoms with van der Waals surface area (Å²) < 4.78 is 12.5. The summed E-state index contributed by atoms with van der Waals surface area (Å²) in [7, 11) is 0. The highest BCUT2D eigenvalue weighted by Crippen LogP contribution is 2.40. The Morgan fingerprint density at radius 1 is 1.16 bits per heavy atom. The number of likely N-dealkylation sites (tertiary alicyclic amines) is 1. The molecule has 1 unspecified atom stereocenters. The van der Waals surface area contributed by atoms with Gasteiger partial charge in [-0.05, 0) is 87.1 Å². The summed E-state index contributed by atoms with van der Waals surface area (Å²) in [6, 6.07) is 6.35. The zero-order chi connectivity index (χ0) is 22.1. The average Bonchev–Trinajstić information content (AvgIpc) is 2.83. The van der Waals surface area contributed by atoms with Gasteiger partial charge in [0.2, 0.25) is 0 Å². The average molecular weight is 436 g/mol. The van der Waals surface area contributed by atoms with Crippen LogP contribution < -0.4 is 4.74 Å². The summed E-state index contributed by atoms with van der Waals surface area (Å²) in [6.45, 7) is 5.95. The molecule has 0 saturated carbocycles. The second-order valence-corrected chi connectivity index (χ2v) is 9.36. The van der Waals surface area contributed by atoms with Gasteiger partial charge in [-0.3, -0.25) is 4.79 Å². The maximum Gasteiger partial charge on any atom is 0.263 e. The molecule has 3 heterocycles. The van der Waals surface area contributed by atoms with Crippen LogP contribution in [-0.2, 0) is 34.4 Å². The molecule has 0 N–H and O–H groups in total. The van der Waals surface area contributed by atoms with Crippen molar-refractivity contribution in [2.24, 2.45) is 0 Å². The first kappa shape index (κ1) is 21.4. The normalized spacial score (nSPS) is 20.4. The SMILES string of the molecule is CCC(Oc1ccc2c(c1)CCCC2)C(=O)N1CCC2(CC1)OCCc1cnc(C)nc12. The van der Waals surface area contributed by atoms with E-state index in [1.165, 1.54) is 29.5 Å². The number of aryl methyl sites for hydroxylation is 3. The van der Waals surface area contributed by atoms with Gasteiger partial charge >= 0.3 is 0 Å². The van der Waals surface area contributed by atoms with Gasteiger partial charge in [0.15, 0.2) is 6.10 Å². The Morgan fingerprint density at radius 2 is 1.94 bits per heavy atom. The molecule has 6 nitrogen and oxygen atoms in total. The molecule has 1 aromatic carbocycles. The van der Waals surface area contributed by atoms with Gasteiger partial charge in [0.1, 0.15) is 17.2 Å². The zero-order valence-corrected chi connectivity index (χ0v) is 19.2. The molecule has 0 bridgehead atoms. The van der Waals surface area contributed by atoms with Crippen molar-refractivity contribution >= 4 is 5.91 Å². The molecule has 1 atom stereocenters. The topological polar surface area (TPSA) is 64.5 Å². The van der Waals surface area contributed by atoms with Gasteiger partial charge in [-0.2, -0.15) is 0 Å². The van der Waals surface area contributed by atoms with E-state index in [0.717, 1.165) is 49.4 Å². The predicted molar refractivity (Wildman–Crippen MR) is 122 cm³/mol. The third-order valence-corrected chi connectivity index (χ3v) is 7.29. The van der Waals surface area contributed by atoms with Crippen LogP contribution in [0.4, 0.5) is 0 Å². The Hall–Kier alpha value is -2.47. The molecule has 1 spiro atoms. The number of aromatic nitrogens is 2. The van der Waals surface area contributed by atoms with Crippen LogP contribution in [0.25, 0.3) is 0 Å². The lowest BCUT2D eigenvalue weighted by Gasteiger charge is -2.44. The Kier molecular flexibility index (Phi) is 5.89. The van der Waals surface area contributed by atoms with Gasteiger partial charge in [-0.25, -0.2) is 9.97 Å². The van der Waals surface area contributed by atoms with Crippen LogP contribution in [0.2, 0.25) is 0 Å². The van der Waals surface area contributed by atoms with Crippen molar-refractivity contribution < 1.29 is 14.3 Å². The second-order valence-electron chi connectivity index (χ2n) is 9.36. The third-order valence-electron chi connectivity index (χ3n) is 7.29. The van der Waals surface area contributed by atoms with Crippen molar-refractivity contribution in [3.05, 3.63) is 52.6 Å². The summed E-state index contributed by atoms with van der Waals surface area (Å²) in [5.74, 6) is 1.67. The van der Waals surface area contributed by atoms with Gasteiger partial charge in [-0.15, -0.1) is 0 Å². The first-order valence-corrected chi connectivity index (χ1v) is 12.1. The van der Waals surface area contributed by atoms with Crippen molar-refractivity contribution in [3.63, 3.8) is 0 Å². The number of amides is 1. The lowest BCUT2D eigenvalue weighted by atomic mass is 9.83. The zero-order valence-electron chi connectivity index (χ0n) is 19.2. The highest BCUT2D eigenvalue weighted by atomic mass is 16.5. The minimum Gasteiger partial charge on any atom is -0.481 e. The molecule has 1 aliphatic carbocycles. The molecular formula is C26H33N3O3. The minimum absolute atomic E-state index is 0.0787. The number of carbonyl (C=O) groups excluding carboxylic acids is 1. The van der Waals surface area contributed by atoms with Crippen LogP contribution in [0.15, 0.2) is 24.4 Å². The second kappa shape index (κ2) is 8.81. The van der Waals surface area contributed by atoms with Crippen LogP contribution in [0.3, 0.4) is 0 Å². The fraction of sp³-hybridized carbons (Fsp3) is 0.577. The summed E-state index contributed by atoms with van der Waals surface area (Å²) in [6.07, 6.45) is 9.28. The predicted octanol–water partition coefficient (Wildman–Crippen LogP) is 3.91. The van der Waals surface area contributed by atoms with E-state index in [-0.39, 0.29) is 11.5 Å². The lowest BCUT2D eigenvalue weighted by molar-refractivity contribution is -0.148. The molecular weight excluding hydrogens is 402 g/mol. The molecule has 1 saturated heterocycles. The highest BCUT2D eigenvalue weighted by molar-refractivity contribution is 5.81. The fourth-order valence-corrected chi connectivity index (χ4v) is 5.43. The van der Waals surface area contributed by atoms with E-state index < -0.39 is 6.10 Å². The number of hydrogen-bond acceptors (Lipinski definition) is 5. The van der Waals surface area contributed by atoms with Crippen molar-refractivity contribution in [2.75, 3.05) is 19.7 Å². The lowest BCUT2D eigenvalue weighted by Crippen LogP contribution is -2.51. The molecule has 0 radical (unpaired) electrons. The first-order valence-electron chi connectivity index (χ1n) is 12.1. The summed E-state index contributed by atoms with van der Waals surface area (Å²) in [5.41, 5.74) is 4.63. The van der Waals surface area contributed by atoms with Crippen molar-refractivity contribution in [1.29, 1.82) is 0 Å². The van der Waals surface area contributed by atoms with Crippen molar-refractivity contribution in [3.8, 4) is 5.75 Å². The van der Waals surface area contributed by atoms with Crippen molar-refractivity contribution in [1.82, 2.24) is 14.9 Å². The minimum atomic E-state index is -0.449. The first-order chi connectivity index (χ1) is 15.6. The molecule has 1 fully saturated rings. The number of ether oxygens (including phenoxy) is 2. The number of nitrogens with zero attached hydrogens (tertiary/aromatic N) is 3. The largest absolute Gasteiger partial charge is 0.481 e. The third kappa shape index (κ3) is 4.01. The molecule has 170 valence electrons. The molecule has 6 heteroatoms. The van der Waals surface area contributed by atoms with Gasteiger partial charge in [0.05, 0.1) is 12.3 Å². The fourth-order valence-electron chi connectivity index (χ4n) is 5.43. The van der Waals surface area contributed by atoms with Gasteiger partial charge in [-0.1, -0.05) is 13.0 Å². The van der Waals surface area contributed by atoms with E-state index in [9.17, 15) is 4.79 Å². The summed E-state index contributed by atoms with van der Waals surface area (Å²) >= 11 is 0. The van der Waals surface area contributed by atoms with Gasteiger partial charge in [0, 0.05) is 19.3 Å². The quantitative estimate of drug-likeness (QED) is 0.729. The summed E-state index contributed by atoms with van der Waals surface area (Å²) in [4.78, 5) is 24.4. The maximum absolute atomic E-state index is 13.3. The molecule has 1 amide bonds. The molecule has 2 aromatic rings. The van der Waals surface area contributed by atoms with Crippen LogP contribution in [0.1, 0.15) is 67.2 Å². The van der Waals surface area contributed by atoms with Crippen LogP contribution in [0, 0.1) is 6.92 Å². The maximum atomic E-state index is 13.3. The summed E-state index contributed by atoms with van der Waals surface area (Å²) in [5, 5.41) is 0. The molecule has 1 aromatic heterocycles. The van der Waals surface area contributed by atoms with E-state index in [0.29, 0.717) is 26.1 Å². The van der Waals surface area contributed by atoms with E-state index in [4.69, 9.17) is 14.5 Å². The van der Waals surface area contributed by atoms with E-state index >= 15 is 0 Å². The Bertz CT molecular complexity index is 998. The Balaban J connectivity index is 1.26. The standard InChI is InChI=1S/C26H33N3O3/c1-3-23(32-22-9-8-19-6-4-5-7-20(19)16-22)25(30)29-13-11-26(12-14-29)24-21(10-15-31-26)17-27-18(2)28-24/h8-9,16-17,23H,3-7,10-15H2,1-2H3. The number of benzene rings is 1. The molecule has 32 heavy (non-hydrogen) atoms. The van der Waals surface area contributed by atoms with Crippen LogP contribution >= 0.6 is 0 Å². The number of carbonyl (C=O) groups is 1. The van der Waals surface area contributed by atoms with Crippen LogP contribution in [0.5, 0.6) is 5.75 Å².